The molecular weight excluding hydrogens is 1180 g/mol. The molecule has 2 heterocycles. The molecule has 4 aromatic carbocycles. The molecule has 6 aliphatic carbocycles. The number of aliphatic hydroxyl groups excluding tert-OH is 2. The summed E-state index contributed by atoms with van der Waals surface area (Å²) in [6, 6.07) is 22.4. The van der Waals surface area contributed by atoms with Crippen LogP contribution in [0.3, 0.4) is 0 Å². The predicted octanol–water partition coefficient (Wildman–Crippen LogP) is 10.6. The van der Waals surface area contributed by atoms with Gasteiger partial charge in [-0.1, -0.05) is 72.5 Å². The molecule has 2 aliphatic heterocycles. The van der Waals surface area contributed by atoms with Crippen LogP contribution in [0.1, 0.15) is 146 Å². The first-order chi connectivity index (χ1) is 41.1. The molecule has 4 saturated carbocycles. The van der Waals surface area contributed by atoms with Gasteiger partial charge in [0.1, 0.15) is 11.5 Å². The highest BCUT2D eigenvalue weighted by atomic mass is 35.5. The molecule has 0 radical (unpaired) electrons. The SMILES string of the molecule is NS(=O)(=O)[C@@H]1CCC[C@H]1C/C=C/[C@H](O)[C@@H]1CC[C@H]1CN1C[C@@]2(CCCc3cc(Cl)ccc32)COc2ccc(C(=O)O)cc21.NS(=O)(=O)[C@H]1CCC[C@@H]1C/C=C/[C@H](O)[C@@H]1CC[C@H]1CN1C[C@@]2(CCCc3cc(Cl)ccc32)COc2ccc(C(=O)O)cc21. The van der Waals surface area contributed by atoms with E-state index >= 15 is 0 Å². The first-order valence-corrected chi connectivity index (χ1v) is 34.9. The molecule has 0 unspecified atom stereocenters. The molecule has 12 rings (SSSR count). The summed E-state index contributed by atoms with van der Waals surface area (Å²) in [6.45, 7) is 3.72. The summed E-state index contributed by atoms with van der Waals surface area (Å²) in [5.41, 5.74) is 6.46. The lowest BCUT2D eigenvalue weighted by atomic mass is 9.68. The molecule has 4 fully saturated rings. The van der Waals surface area contributed by atoms with Crippen LogP contribution in [0.5, 0.6) is 11.5 Å². The second-order valence-corrected chi connectivity index (χ2v) is 30.6. The van der Waals surface area contributed by atoms with Gasteiger partial charge in [0.05, 0.1) is 58.4 Å². The normalized spacial score (nSPS) is 29.4. The molecule has 0 saturated heterocycles. The van der Waals surface area contributed by atoms with Crippen molar-refractivity contribution < 1.29 is 56.3 Å². The van der Waals surface area contributed by atoms with Crippen molar-refractivity contribution in [3.05, 3.63) is 141 Å². The number of anilines is 2. The van der Waals surface area contributed by atoms with E-state index in [1.165, 1.54) is 22.3 Å². The highest BCUT2D eigenvalue weighted by Gasteiger charge is 2.47. The maximum absolute atomic E-state index is 12.0. The number of aromatic carboxylic acids is 2. The van der Waals surface area contributed by atoms with Gasteiger partial charge in [0.2, 0.25) is 20.0 Å². The molecule has 12 atom stereocenters. The van der Waals surface area contributed by atoms with Crippen molar-refractivity contribution >= 4 is 66.6 Å². The van der Waals surface area contributed by atoms with E-state index in [0.717, 1.165) is 111 Å². The first kappa shape index (κ1) is 62.4. The lowest BCUT2D eigenvalue weighted by molar-refractivity contribution is 0.0454. The maximum Gasteiger partial charge on any atom is 0.335 e. The van der Waals surface area contributed by atoms with Crippen LogP contribution in [-0.4, -0.2) is 111 Å². The number of hydrogen-bond donors (Lipinski definition) is 6. The lowest BCUT2D eigenvalue weighted by Gasteiger charge is -2.45. The van der Waals surface area contributed by atoms with Crippen molar-refractivity contribution in [3.63, 3.8) is 0 Å². The Labute approximate surface area is 516 Å². The summed E-state index contributed by atoms with van der Waals surface area (Å²) in [7, 11) is -7.12. The number of halogens is 2. The highest BCUT2D eigenvalue weighted by Crippen LogP contribution is 2.50. The number of hydrogen-bond acceptors (Lipinski definition) is 12. The monoisotopic (exact) mass is 1260 g/mol. The Bertz CT molecular complexity index is 3250. The molecule has 0 aromatic heterocycles. The third-order valence-corrected chi connectivity index (χ3v) is 24.3. The third-order valence-electron chi connectivity index (χ3n) is 20.9. The summed E-state index contributed by atoms with van der Waals surface area (Å²) < 4.78 is 60.7. The Morgan fingerprint density at radius 2 is 0.988 bits per heavy atom. The zero-order valence-electron chi connectivity index (χ0n) is 48.7. The minimum atomic E-state index is -3.56. The number of aliphatic hydroxyl groups is 2. The fraction of sp³-hybridized carbons (Fsp3) is 0.545. The van der Waals surface area contributed by atoms with E-state index in [1.54, 1.807) is 36.4 Å². The minimum Gasteiger partial charge on any atom is -0.490 e. The van der Waals surface area contributed by atoms with Gasteiger partial charge in [-0.2, -0.15) is 0 Å². The van der Waals surface area contributed by atoms with E-state index in [2.05, 4.69) is 34.1 Å². The van der Waals surface area contributed by atoms with E-state index in [-0.39, 0.29) is 57.5 Å². The van der Waals surface area contributed by atoms with Gasteiger partial charge in [-0.25, -0.2) is 36.7 Å². The molecule has 464 valence electrons. The number of nitrogens with two attached hydrogens (primary N) is 2. The van der Waals surface area contributed by atoms with Gasteiger partial charge >= 0.3 is 11.9 Å². The quantitative estimate of drug-likeness (QED) is 0.0571. The Kier molecular flexibility index (Phi) is 18.7. The number of carboxylic acids is 2. The van der Waals surface area contributed by atoms with Crippen molar-refractivity contribution in [2.24, 2.45) is 45.8 Å². The summed E-state index contributed by atoms with van der Waals surface area (Å²) in [5.74, 6) is -0.0345. The van der Waals surface area contributed by atoms with Gasteiger partial charge < -0.3 is 39.7 Å². The van der Waals surface area contributed by atoms with Crippen LogP contribution >= 0.6 is 23.2 Å². The highest BCUT2D eigenvalue weighted by molar-refractivity contribution is 7.90. The number of fused-ring (bicyclic) bond motifs is 6. The molecule has 20 heteroatoms. The number of allylic oxidation sites excluding steroid dienone is 2. The molecule has 2 spiro atoms. The number of nitrogens with zero attached hydrogens (tertiary/aromatic N) is 2. The number of carboxylic acid groups (broad SMARTS) is 2. The van der Waals surface area contributed by atoms with Gasteiger partial charge in [0, 0.05) is 47.1 Å². The van der Waals surface area contributed by atoms with E-state index < -0.39 is 54.7 Å². The Morgan fingerprint density at radius 1 is 0.570 bits per heavy atom. The topological polar surface area (TPSA) is 260 Å². The Hall–Kier alpha value is -5.18. The fourth-order valence-electron chi connectivity index (χ4n) is 16.1. The average Bonchev–Trinajstić information content (AvgIpc) is 1.59. The van der Waals surface area contributed by atoms with Crippen LogP contribution in [0.15, 0.2) is 97.1 Å². The molecular formula is C66H82Cl2N4O12S2. The zero-order valence-corrected chi connectivity index (χ0v) is 51.8. The Morgan fingerprint density at radius 3 is 1.36 bits per heavy atom. The van der Waals surface area contributed by atoms with Crippen LogP contribution in [0, 0.1) is 35.5 Å². The maximum atomic E-state index is 12.0. The van der Waals surface area contributed by atoms with Crippen molar-refractivity contribution in [2.45, 2.75) is 149 Å². The molecule has 8 aliphatic rings. The van der Waals surface area contributed by atoms with Gasteiger partial charge in [-0.05, 0) is 221 Å². The summed E-state index contributed by atoms with van der Waals surface area (Å²) >= 11 is 12.7. The van der Waals surface area contributed by atoms with Crippen LogP contribution in [0.2, 0.25) is 10.0 Å². The minimum absolute atomic E-state index is 0.00267. The summed E-state index contributed by atoms with van der Waals surface area (Å²) in [5, 5.41) is 53.2. The fourth-order valence-corrected chi connectivity index (χ4v) is 19.0. The number of primary sulfonamides is 2. The standard InChI is InChI=1S/2C33H41ClN2O6S/c2*34-25-11-13-27-22(16-25)6-3-15-33(27)19-36(28-17-23(32(38)39)10-14-30(28)42-20-33)18-24-9-12-26(24)29(37)7-1-4-21-5-2-8-31(21)43(35,40)41/h2*1,7,10-11,13-14,16-17,21,24,26,29,31,37H,2-6,8-9,12,15,18-20H2,(H,38,39)(H2,35,40,41)/b2*7-1+/t21-,24+,26-,29+,31-,33+;21-,24-,26+,29-,31-,33-/m10/s1. The number of sulfonamides is 2. The number of ether oxygens (including phenoxy) is 2. The second kappa shape index (κ2) is 25.7. The van der Waals surface area contributed by atoms with Crippen molar-refractivity contribution in [3.8, 4) is 11.5 Å². The smallest absolute Gasteiger partial charge is 0.335 e. The summed E-state index contributed by atoms with van der Waals surface area (Å²) in [6.07, 6.45) is 21.7. The Balaban J connectivity index is 0.000000179. The van der Waals surface area contributed by atoms with E-state index in [1.807, 2.05) is 36.4 Å². The van der Waals surface area contributed by atoms with E-state index in [4.69, 9.17) is 43.0 Å². The number of carbonyl (C=O) groups is 2. The molecule has 86 heavy (non-hydrogen) atoms. The lowest BCUT2D eigenvalue weighted by Crippen LogP contribution is -2.49. The van der Waals surface area contributed by atoms with Gasteiger partial charge in [-0.3, -0.25) is 0 Å². The zero-order chi connectivity index (χ0) is 60.7. The predicted molar refractivity (Wildman–Crippen MR) is 335 cm³/mol. The van der Waals surface area contributed by atoms with Crippen LogP contribution < -0.4 is 29.6 Å². The molecule has 8 N–H and O–H groups in total. The van der Waals surface area contributed by atoms with Crippen LogP contribution in [-0.2, 0) is 43.7 Å². The van der Waals surface area contributed by atoms with Crippen molar-refractivity contribution in [2.75, 3.05) is 49.2 Å². The van der Waals surface area contributed by atoms with Crippen molar-refractivity contribution in [1.82, 2.24) is 0 Å². The molecule has 0 bridgehead atoms. The second-order valence-electron chi connectivity index (χ2n) is 26.1. The number of benzene rings is 4. The third kappa shape index (κ3) is 13.4. The van der Waals surface area contributed by atoms with Gasteiger partial charge in [-0.15, -0.1) is 0 Å². The van der Waals surface area contributed by atoms with Gasteiger partial charge in [0.15, 0.2) is 0 Å². The van der Waals surface area contributed by atoms with E-state index in [9.17, 15) is 46.9 Å². The van der Waals surface area contributed by atoms with Gasteiger partial charge in [0.25, 0.3) is 0 Å². The first-order valence-electron chi connectivity index (χ1n) is 30.9. The molecule has 16 nitrogen and oxygen atoms in total. The summed E-state index contributed by atoms with van der Waals surface area (Å²) in [4.78, 5) is 28.4. The van der Waals surface area contributed by atoms with Crippen molar-refractivity contribution in [1.29, 1.82) is 0 Å². The van der Waals surface area contributed by atoms with Crippen LogP contribution in [0.25, 0.3) is 0 Å². The molecule has 4 aromatic rings. The number of aryl methyl sites for hydroxylation is 2. The van der Waals surface area contributed by atoms with Crippen LogP contribution in [0.4, 0.5) is 11.4 Å². The molecule has 0 amide bonds. The largest absolute Gasteiger partial charge is 0.490 e. The van der Waals surface area contributed by atoms with E-state index in [0.29, 0.717) is 76.6 Å². The number of rotatable bonds is 16. The average molecular weight is 1260 g/mol.